The fraction of sp³-hybridized carbons (Fsp3) is 0.0667. The van der Waals surface area contributed by atoms with Crippen LogP contribution >= 0.6 is 0 Å². The molecule has 2 aromatic rings. The van der Waals surface area contributed by atoms with Crippen LogP contribution in [0.25, 0.3) is 11.1 Å². The lowest BCUT2D eigenvalue weighted by Gasteiger charge is -2.13. The van der Waals surface area contributed by atoms with Crippen molar-refractivity contribution in [1.82, 2.24) is 0 Å². The maximum Gasteiger partial charge on any atom is 0.491 e. The molecule has 2 aromatic carbocycles. The topological polar surface area (TPSA) is 40.5 Å². The maximum absolute atomic E-state index is 14.4. The Labute approximate surface area is 112 Å². The SMILES string of the molecule is C=CCc1ccc(B(O)O)c(F)c1-c1ccccc1. The van der Waals surface area contributed by atoms with E-state index in [9.17, 15) is 14.4 Å². The first-order valence-corrected chi connectivity index (χ1v) is 5.99. The normalized spacial score (nSPS) is 10.3. The summed E-state index contributed by atoms with van der Waals surface area (Å²) in [5.41, 5.74) is 1.75. The molecule has 96 valence electrons. The van der Waals surface area contributed by atoms with E-state index in [2.05, 4.69) is 6.58 Å². The number of hydrogen-bond acceptors (Lipinski definition) is 2. The van der Waals surface area contributed by atoms with Gasteiger partial charge in [0.1, 0.15) is 5.82 Å². The van der Waals surface area contributed by atoms with Gasteiger partial charge < -0.3 is 10.0 Å². The van der Waals surface area contributed by atoms with Crippen LogP contribution in [0.4, 0.5) is 4.39 Å². The van der Waals surface area contributed by atoms with E-state index in [-0.39, 0.29) is 5.46 Å². The van der Waals surface area contributed by atoms with E-state index < -0.39 is 12.9 Å². The van der Waals surface area contributed by atoms with Crippen molar-refractivity contribution in [3.63, 3.8) is 0 Å². The molecular formula is C15H14BFO2. The van der Waals surface area contributed by atoms with Crippen LogP contribution in [0, 0.1) is 5.82 Å². The maximum atomic E-state index is 14.4. The van der Waals surface area contributed by atoms with Gasteiger partial charge in [-0.3, -0.25) is 0 Å². The number of halogens is 1. The highest BCUT2D eigenvalue weighted by atomic mass is 19.1. The van der Waals surface area contributed by atoms with Gasteiger partial charge in [0, 0.05) is 11.0 Å². The van der Waals surface area contributed by atoms with Gasteiger partial charge in [0.2, 0.25) is 0 Å². The molecule has 0 saturated carbocycles. The molecule has 0 atom stereocenters. The molecule has 19 heavy (non-hydrogen) atoms. The Morgan fingerprint density at radius 2 is 1.79 bits per heavy atom. The van der Waals surface area contributed by atoms with Crippen molar-refractivity contribution in [2.75, 3.05) is 0 Å². The third-order valence-corrected chi connectivity index (χ3v) is 2.96. The van der Waals surface area contributed by atoms with E-state index in [1.165, 1.54) is 6.07 Å². The lowest BCUT2D eigenvalue weighted by molar-refractivity contribution is 0.423. The first kappa shape index (κ1) is 13.5. The van der Waals surface area contributed by atoms with Crippen molar-refractivity contribution in [2.45, 2.75) is 6.42 Å². The fourth-order valence-electron chi connectivity index (χ4n) is 2.07. The Bertz CT molecular complexity index is 582. The zero-order chi connectivity index (χ0) is 13.8. The lowest BCUT2D eigenvalue weighted by Crippen LogP contribution is -2.33. The summed E-state index contributed by atoms with van der Waals surface area (Å²) in [5.74, 6) is -0.597. The number of allylic oxidation sites excluding steroid dienone is 1. The summed E-state index contributed by atoms with van der Waals surface area (Å²) in [6.45, 7) is 3.66. The molecule has 0 bridgehead atoms. The molecule has 4 heteroatoms. The number of benzene rings is 2. The molecular weight excluding hydrogens is 242 g/mol. The number of hydrogen-bond donors (Lipinski definition) is 2. The van der Waals surface area contributed by atoms with E-state index in [0.717, 1.165) is 5.56 Å². The molecule has 0 aliphatic heterocycles. The molecule has 0 unspecified atom stereocenters. The summed E-state index contributed by atoms with van der Waals surface area (Å²) in [6.07, 6.45) is 2.21. The molecule has 2 nitrogen and oxygen atoms in total. The third kappa shape index (κ3) is 2.75. The van der Waals surface area contributed by atoms with Gasteiger partial charge in [0.25, 0.3) is 0 Å². The highest BCUT2D eigenvalue weighted by Gasteiger charge is 2.21. The molecule has 2 rings (SSSR count). The molecule has 0 heterocycles. The molecule has 0 aliphatic rings. The van der Waals surface area contributed by atoms with Crippen molar-refractivity contribution in [3.05, 3.63) is 66.5 Å². The monoisotopic (exact) mass is 256 g/mol. The molecule has 0 amide bonds. The van der Waals surface area contributed by atoms with Crippen LogP contribution in [-0.2, 0) is 6.42 Å². The summed E-state index contributed by atoms with van der Waals surface area (Å²) in [4.78, 5) is 0. The molecule has 0 fully saturated rings. The van der Waals surface area contributed by atoms with E-state index >= 15 is 0 Å². The van der Waals surface area contributed by atoms with Gasteiger partial charge in [-0.05, 0) is 17.5 Å². The van der Waals surface area contributed by atoms with Crippen LogP contribution in [0.3, 0.4) is 0 Å². The van der Waals surface area contributed by atoms with Crippen LogP contribution in [0.15, 0.2) is 55.1 Å². The Morgan fingerprint density at radius 1 is 1.11 bits per heavy atom. The first-order chi connectivity index (χ1) is 9.15. The summed E-state index contributed by atoms with van der Waals surface area (Å²) in [6, 6.07) is 12.1. The first-order valence-electron chi connectivity index (χ1n) is 5.99. The molecule has 2 N–H and O–H groups in total. The highest BCUT2D eigenvalue weighted by Crippen LogP contribution is 2.26. The molecule has 0 spiro atoms. The summed E-state index contributed by atoms with van der Waals surface area (Å²) in [5, 5.41) is 18.4. The predicted molar refractivity (Wildman–Crippen MR) is 75.6 cm³/mol. The average molecular weight is 256 g/mol. The number of rotatable bonds is 4. The van der Waals surface area contributed by atoms with Crippen LogP contribution in [-0.4, -0.2) is 17.2 Å². The Balaban J connectivity index is 2.67. The van der Waals surface area contributed by atoms with Crippen LogP contribution in [0.2, 0.25) is 0 Å². The van der Waals surface area contributed by atoms with Gasteiger partial charge in [-0.1, -0.05) is 48.5 Å². The van der Waals surface area contributed by atoms with E-state index in [0.29, 0.717) is 17.5 Å². The molecule has 0 radical (unpaired) electrons. The summed E-state index contributed by atoms with van der Waals surface area (Å²) >= 11 is 0. The van der Waals surface area contributed by atoms with E-state index in [1.807, 2.05) is 18.2 Å². The highest BCUT2D eigenvalue weighted by molar-refractivity contribution is 6.58. The van der Waals surface area contributed by atoms with Gasteiger partial charge >= 0.3 is 7.12 Å². The molecule has 0 saturated heterocycles. The smallest absolute Gasteiger partial charge is 0.423 e. The second-order valence-electron chi connectivity index (χ2n) is 4.24. The predicted octanol–water partition coefficient (Wildman–Crippen LogP) is 1.90. The quantitative estimate of drug-likeness (QED) is 0.648. The summed E-state index contributed by atoms with van der Waals surface area (Å²) < 4.78 is 14.4. The largest absolute Gasteiger partial charge is 0.491 e. The Hall–Kier alpha value is -1.91. The minimum atomic E-state index is -1.82. The minimum Gasteiger partial charge on any atom is -0.423 e. The van der Waals surface area contributed by atoms with Crippen molar-refractivity contribution in [2.24, 2.45) is 0 Å². The van der Waals surface area contributed by atoms with Crippen molar-refractivity contribution >= 4 is 12.6 Å². The zero-order valence-electron chi connectivity index (χ0n) is 10.4. The second-order valence-corrected chi connectivity index (χ2v) is 4.24. The second kappa shape index (κ2) is 5.82. The van der Waals surface area contributed by atoms with E-state index in [4.69, 9.17) is 0 Å². The van der Waals surface area contributed by atoms with Crippen LogP contribution in [0.1, 0.15) is 5.56 Å². The van der Waals surface area contributed by atoms with Crippen LogP contribution in [0.5, 0.6) is 0 Å². The van der Waals surface area contributed by atoms with Gasteiger partial charge in [0.15, 0.2) is 0 Å². The molecule has 0 aromatic heterocycles. The Kier molecular flexibility index (Phi) is 4.15. The summed E-state index contributed by atoms with van der Waals surface area (Å²) in [7, 11) is -1.82. The third-order valence-electron chi connectivity index (χ3n) is 2.96. The Morgan fingerprint density at radius 3 is 2.37 bits per heavy atom. The van der Waals surface area contributed by atoms with Crippen molar-refractivity contribution in [3.8, 4) is 11.1 Å². The van der Waals surface area contributed by atoms with E-state index in [1.54, 1.807) is 24.3 Å². The van der Waals surface area contributed by atoms with Gasteiger partial charge in [-0.25, -0.2) is 4.39 Å². The minimum absolute atomic E-state index is 0.119. The molecule has 0 aliphatic carbocycles. The fourth-order valence-corrected chi connectivity index (χ4v) is 2.07. The van der Waals surface area contributed by atoms with Crippen molar-refractivity contribution < 1.29 is 14.4 Å². The average Bonchev–Trinajstić information content (AvgIpc) is 2.40. The van der Waals surface area contributed by atoms with Gasteiger partial charge in [-0.15, -0.1) is 6.58 Å². The van der Waals surface area contributed by atoms with Gasteiger partial charge in [-0.2, -0.15) is 0 Å². The zero-order valence-corrected chi connectivity index (χ0v) is 10.4. The standard InChI is InChI=1S/C15H14BFO2/c1-2-6-11-9-10-13(16(18)19)15(17)14(11)12-7-4-3-5-8-12/h2-5,7-10,18-19H,1,6H2. The van der Waals surface area contributed by atoms with Crippen LogP contribution < -0.4 is 5.46 Å². The van der Waals surface area contributed by atoms with Crippen molar-refractivity contribution in [1.29, 1.82) is 0 Å². The van der Waals surface area contributed by atoms with Gasteiger partial charge in [0.05, 0.1) is 0 Å². The lowest BCUT2D eigenvalue weighted by atomic mass is 9.77.